The van der Waals surface area contributed by atoms with Crippen molar-refractivity contribution in [1.29, 1.82) is 0 Å². The van der Waals surface area contributed by atoms with Crippen LogP contribution in [0.4, 0.5) is 13.2 Å². The second-order valence-corrected chi connectivity index (χ2v) is 5.07. The van der Waals surface area contributed by atoms with Crippen molar-refractivity contribution in [2.24, 2.45) is 0 Å². The Morgan fingerprint density at radius 2 is 1.80 bits per heavy atom. The van der Waals surface area contributed by atoms with E-state index in [2.05, 4.69) is 15.2 Å². The molecule has 1 aromatic heterocycles. The molecule has 0 aliphatic heterocycles. The molecule has 0 unspecified atom stereocenters. The number of aromatic amines is 1. The van der Waals surface area contributed by atoms with E-state index in [-0.39, 0.29) is 11.4 Å². The number of hydrogen-bond acceptors (Lipinski definition) is 2. The average molecular weight is 281 g/mol. The van der Waals surface area contributed by atoms with E-state index >= 15 is 0 Å². The molecule has 1 fully saturated rings. The van der Waals surface area contributed by atoms with Crippen molar-refractivity contribution in [3.63, 3.8) is 0 Å². The Hall–Kier alpha value is -1.85. The van der Waals surface area contributed by atoms with Gasteiger partial charge in [0.15, 0.2) is 5.82 Å². The Bertz CT molecular complexity index is 598. The molecule has 0 atom stereocenters. The summed E-state index contributed by atoms with van der Waals surface area (Å²) in [6.07, 6.45) is -0.0739. The third kappa shape index (κ3) is 2.42. The highest BCUT2D eigenvalue weighted by Gasteiger charge is 2.34. The topological polar surface area (TPSA) is 41.6 Å². The number of aromatic nitrogens is 3. The normalized spacial score (nSPS) is 16.8. The van der Waals surface area contributed by atoms with Crippen molar-refractivity contribution in [2.75, 3.05) is 0 Å². The Morgan fingerprint density at radius 3 is 2.50 bits per heavy atom. The van der Waals surface area contributed by atoms with E-state index in [4.69, 9.17) is 0 Å². The fourth-order valence-electron chi connectivity index (χ4n) is 2.70. The van der Waals surface area contributed by atoms with E-state index in [0.29, 0.717) is 11.7 Å². The molecular weight excluding hydrogens is 267 g/mol. The van der Waals surface area contributed by atoms with Crippen LogP contribution in [0.2, 0.25) is 0 Å². The molecule has 3 nitrogen and oxygen atoms in total. The molecule has 0 spiro atoms. The fourth-order valence-corrected chi connectivity index (χ4v) is 2.70. The van der Waals surface area contributed by atoms with Gasteiger partial charge < -0.3 is 0 Å². The van der Waals surface area contributed by atoms with Crippen LogP contribution >= 0.6 is 0 Å². The Kier molecular flexibility index (Phi) is 3.23. The summed E-state index contributed by atoms with van der Waals surface area (Å²) in [5.74, 6) is 1.13. The number of alkyl halides is 3. The van der Waals surface area contributed by atoms with Gasteiger partial charge in [0.1, 0.15) is 5.82 Å². The number of H-pyrrole nitrogens is 1. The lowest BCUT2D eigenvalue weighted by Crippen LogP contribution is -2.07. The molecule has 1 N–H and O–H groups in total. The molecule has 1 saturated carbocycles. The van der Waals surface area contributed by atoms with Crippen LogP contribution < -0.4 is 0 Å². The lowest BCUT2D eigenvalue weighted by atomic mass is 10.1. The Morgan fingerprint density at radius 1 is 1.10 bits per heavy atom. The SMILES string of the molecule is FC(F)(F)c1ccccc1-c1n[nH]c(C2CCCC2)n1. The van der Waals surface area contributed by atoms with Crippen LogP contribution in [0.15, 0.2) is 24.3 Å². The maximum atomic E-state index is 13.0. The van der Waals surface area contributed by atoms with Crippen molar-refractivity contribution in [3.05, 3.63) is 35.7 Å². The highest BCUT2D eigenvalue weighted by atomic mass is 19.4. The van der Waals surface area contributed by atoms with Gasteiger partial charge in [-0.05, 0) is 18.9 Å². The van der Waals surface area contributed by atoms with Crippen LogP contribution in [-0.2, 0) is 6.18 Å². The second kappa shape index (κ2) is 4.92. The van der Waals surface area contributed by atoms with Gasteiger partial charge in [0, 0.05) is 11.5 Å². The van der Waals surface area contributed by atoms with E-state index in [0.717, 1.165) is 31.7 Å². The molecule has 0 bridgehead atoms. The maximum absolute atomic E-state index is 13.0. The summed E-state index contributed by atoms with van der Waals surface area (Å²) < 4.78 is 38.9. The predicted molar refractivity (Wildman–Crippen MR) is 68.0 cm³/mol. The van der Waals surface area contributed by atoms with Crippen molar-refractivity contribution < 1.29 is 13.2 Å². The predicted octanol–water partition coefficient (Wildman–Crippen LogP) is 4.15. The minimum Gasteiger partial charge on any atom is -0.262 e. The average Bonchev–Trinajstić information content (AvgIpc) is 3.09. The zero-order valence-corrected chi connectivity index (χ0v) is 10.7. The van der Waals surface area contributed by atoms with E-state index in [1.807, 2.05) is 0 Å². The van der Waals surface area contributed by atoms with Gasteiger partial charge in [-0.3, -0.25) is 5.10 Å². The van der Waals surface area contributed by atoms with Crippen LogP contribution in [0.3, 0.4) is 0 Å². The van der Waals surface area contributed by atoms with Gasteiger partial charge in [0.05, 0.1) is 5.56 Å². The molecule has 1 aliphatic carbocycles. The summed E-state index contributed by atoms with van der Waals surface area (Å²) in [6, 6.07) is 5.40. The van der Waals surface area contributed by atoms with Crippen molar-refractivity contribution in [3.8, 4) is 11.4 Å². The van der Waals surface area contributed by atoms with Crippen LogP contribution in [0.25, 0.3) is 11.4 Å². The fraction of sp³-hybridized carbons (Fsp3) is 0.429. The molecule has 20 heavy (non-hydrogen) atoms. The first kappa shape index (κ1) is 13.1. The molecule has 1 aromatic carbocycles. The Balaban J connectivity index is 1.97. The lowest BCUT2D eigenvalue weighted by Gasteiger charge is -2.09. The largest absolute Gasteiger partial charge is 0.417 e. The quantitative estimate of drug-likeness (QED) is 0.898. The van der Waals surface area contributed by atoms with Crippen molar-refractivity contribution in [1.82, 2.24) is 15.2 Å². The van der Waals surface area contributed by atoms with Crippen LogP contribution in [0.1, 0.15) is 43.0 Å². The van der Waals surface area contributed by atoms with Gasteiger partial charge in [0.25, 0.3) is 0 Å². The van der Waals surface area contributed by atoms with E-state index < -0.39 is 11.7 Å². The molecular formula is C14H14F3N3. The molecule has 0 saturated heterocycles. The number of rotatable bonds is 2. The molecule has 1 heterocycles. The molecule has 0 radical (unpaired) electrons. The summed E-state index contributed by atoms with van der Waals surface area (Å²) >= 11 is 0. The summed E-state index contributed by atoms with van der Waals surface area (Å²) in [5.41, 5.74) is -0.669. The minimum atomic E-state index is -4.40. The number of benzene rings is 1. The third-order valence-electron chi connectivity index (χ3n) is 3.72. The van der Waals surface area contributed by atoms with Crippen molar-refractivity contribution in [2.45, 2.75) is 37.8 Å². The van der Waals surface area contributed by atoms with Crippen LogP contribution in [0.5, 0.6) is 0 Å². The summed E-state index contributed by atoms with van der Waals surface area (Å²) in [4.78, 5) is 4.27. The number of hydrogen-bond donors (Lipinski definition) is 1. The Labute approximate surface area is 114 Å². The van der Waals surface area contributed by atoms with Gasteiger partial charge in [-0.25, -0.2) is 4.98 Å². The first-order chi connectivity index (χ1) is 9.55. The lowest BCUT2D eigenvalue weighted by molar-refractivity contribution is -0.137. The van der Waals surface area contributed by atoms with Gasteiger partial charge in [-0.2, -0.15) is 18.3 Å². The van der Waals surface area contributed by atoms with Gasteiger partial charge in [0.2, 0.25) is 0 Å². The highest BCUT2D eigenvalue weighted by molar-refractivity contribution is 5.60. The molecule has 0 amide bonds. The number of halogens is 3. The molecule has 2 aromatic rings. The van der Waals surface area contributed by atoms with Crippen LogP contribution in [0, 0.1) is 0 Å². The molecule has 1 aliphatic rings. The second-order valence-electron chi connectivity index (χ2n) is 5.07. The standard InChI is InChI=1S/C14H14F3N3/c15-14(16,17)11-8-4-3-7-10(11)13-18-12(19-20-13)9-5-1-2-6-9/h3-4,7-9H,1-2,5-6H2,(H,18,19,20). The van der Waals surface area contributed by atoms with Crippen LogP contribution in [-0.4, -0.2) is 15.2 Å². The first-order valence-corrected chi connectivity index (χ1v) is 6.64. The summed E-state index contributed by atoms with van der Waals surface area (Å²) in [7, 11) is 0. The summed E-state index contributed by atoms with van der Waals surface area (Å²) in [5, 5.41) is 6.77. The van der Waals surface area contributed by atoms with Gasteiger partial charge >= 0.3 is 6.18 Å². The molecule has 106 valence electrons. The third-order valence-corrected chi connectivity index (χ3v) is 3.72. The van der Waals surface area contributed by atoms with E-state index in [9.17, 15) is 13.2 Å². The zero-order chi connectivity index (χ0) is 14.2. The van der Waals surface area contributed by atoms with Crippen molar-refractivity contribution >= 4 is 0 Å². The summed E-state index contributed by atoms with van der Waals surface area (Å²) in [6.45, 7) is 0. The van der Waals surface area contributed by atoms with Gasteiger partial charge in [-0.1, -0.05) is 31.0 Å². The van der Waals surface area contributed by atoms with E-state index in [1.54, 1.807) is 6.07 Å². The number of nitrogens with zero attached hydrogens (tertiary/aromatic N) is 2. The smallest absolute Gasteiger partial charge is 0.262 e. The first-order valence-electron chi connectivity index (χ1n) is 6.64. The minimum absolute atomic E-state index is 0.0282. The zero-order valence-electron chi connectivity index (χ0n) is 10.7. The highest BCUT2D eigenvalue weighted by Crippen LogP contribution is 2.37. The maximum Gasteiger partial charge on any atom is 0.417 e. The molecule has 3 rings (SSSR count). The monoisotopic (exact) mass is 281 g/mol. The van der Waals surface area contributed by atoms with E-state index in [1.165, 1.54) is 12.1 Å². The van der Waals surface area contributed by atoms with Gasteiger partial charge in [-0.15, -0.1) is 0 Å². The number of nitrogens with one attached hydrogen (secondary N) is 1. The molecule has 6 heteroatoms.